The molecule has 0 fully saturated rings. The maximum atomic E-state index is 13.6. The number of likely N-dealkylation sites (N-methyl/N-ethyl adjacent to an activating group) is 1. The Hall–Kier alpha value is -3.86. The zero-order chi connectivity index (χ0) is 22.3. The zero-order valence-electron chi connectivity index (χ0n) is 18.0. The summed E-state index contributed by atoms with van der Waals surface area (Å²) in [5.41, 5.74) is 3.78. The molecule has 3 N–H and O–H groups in total. The molecule has 5 heteroatoms. The van der Waals surface area contributed by atoms with Crippen LogP contribution in [0.2, 0.25) is 0 Å². The number of rotatable bonds is 8. The third-order valence-corrected chi connectivity index (χ3v) is 5.61. The number of fused-ring (bicyclic) bond motifs is 1. The van der Waals surface area contributed by atoms with E-state index in [9.17, 15) is 9.59 Å². The van der Waals surface area contributed by atoms with Crippen LogP contribution in [0, 0.1) is 0 Å². The second-order valence-electron chi connectivity index (χ2n) is 7.77. The number of carbonyl (C=O) groups is 2. The first kappa shape index (κ1) is 21.4. The molecular weight excluding hydrogens is 398 g/mol. The van der Waals surface area contributed by atoms with Gasteiger partial charge >= 0.3 is 0 Å². The van der Waals surface area contributed by atoms with Gasteiger partial charge in [0.2, 0.25) is 11.8 Å². The van der Waals surface area contributed by atoms with Crippen molar-refractivity contribution in [1.29, 1.82) is 0 Å². The molecule has 0 unspecified atom stereocenters. The average molecular weight is 426 g/mol. The van der Waals surface area contributed by atoms with Crippen molar-refractivity contribution in [2.75, 3.05) is 6.54 Å². The van der Waals surface area contributed by atoms with Gasteiger partial charge in [-0.25, -0.2) is 0 Å². The van der Waals surface area contributed by atoms with Crippen molar-refractivity contribution < 1.29 is 9.59 Å². The third-order valence-electron chi connectivity index (χ3n) is 5.61. The highest BCUT2D eigenvalue weighted by Gasteiger charge is 2.28. The average Bonchev–Trinajstić information content (AvgIpc) is 3.23. The minimum atomic E-state index is -0.684. The van der Waals surface area contributed by atoms with Crippen molar-refractivity contribution in [1.82, 2.24) is 15.6 Å². The van der Waals surface area contributed by atoms with Crippen molar-refractivity contribution in [2.24, 2.45) is 0 Å². The molecule has 5 nitrogen and oxygen atoms in total. The number of H-pyrrole nitrogens is 1. The molecule has 1 heterocycles. The molecule has 0 aliphatic heterocycles. The lowest BCUT2D eigenvalue weighted by Gasteiger charge is -2.23. The van der Waals surface area contributed by atoms with Gasteiger partial charge in [0.05, 0.1) is 5.92 Å². The number of benzene rings is 3. The fourth-order valence-electron chi connectivity index (χ4n) is 4.07. The fraction of sp³-hybridized carbons (Fsp3) is 0.185. The highest BCUT2D eigenvalue weighted by molar-refractivity contribution is 5.93. The van der Waals surface area contributed by atoms with E-state index in [-0.39, 0.29) is 11.8 Å². The lowest BCUT2D eigenvalue weighted by molar-refractivity contribution is -0.129. The zero-order valence-corrected chi connectivity index (χ0v) is 18.0. The number of hydrogen-bond acceptors (Lipinski definition) is 2. The summed E-state index contributed by atoms with van der Waals surface area (Å²) in [6, 6.07) is 26.6. The molecule has 0 aliphatic rings. The van der Waals surface area contributed by atoms with Crippen LogP contribution in [0.1, 0.15) is 29.5 Å². The topological polar surface area (TPSA) is 74.0 Å². The van der Waals surface area contributed by atoms with E-state index < -0.39 is 12.0 Å². The first-order chi connectivity index (χ1) is 15.7. The van der Waals surface area contributed by atoms with Gasteiger partial charge in [0.25, 0.3) is 0 Å². The van der Waals surface area contributed by atoms with Gasteiger partial charge in [-0.2, -0.15) is 0 Å². The normalized spacial score (nSPS) is 11.9. The summed E-state index contributed by atoms with van der Waals surface area (Å²) >= 11 is 0. The molecule has 0 saturated heterocycles. The third kappa shape index (κ3) is 4.72. The minimum Gasteiger partial charge on any atom is -0.361 e. The summed E-state index contributed by atoms with van der Waals surface area (Å²) in [5, 5.41) is 6.96. The monoisotopic (exact) mass is 425 g/mol. The van der Waals surface area contributed by atoms with Crippen LogP contribution in [0.25, 0.3) is 10.9 Å². The number of amides is 2. The highest BCUT2D eigenvalue weighted by atomic mass is 16.2. The Bertz CT molecular complexity index is 1150. The number of para-hydroxylation sites is 1. The Balaban J connectivity index is 1.64. The molecule has 1 aromatic heterocycles. The predicted molar refractivity (Wildman–Crippen MR) is 127 cm³/mol. The molecule has 162 valence electrons. The maximum absolute atomic E-state index is 13.6. The minimum absolute atomic E-state index is 0.189. The molecule has 0 saturated carbocycles. The Labute approximate surface area is 187 Å². The van der Waals surface area contributed by atoms with Gasteiger partial charge in [-0.1, -0.05) is 78.9 Å². The Morgan fingerprint density at radius 3 is 2.03 bits per heavy atom. The predicted octanol–water partition coefficient (Wildman–Crippen LogP) is 4.16. The summed E-state index contributed by atoms with van der Waals surface area (Å²) in [5.74, 6) is -0.887. The first-order valence-corrected chi connectivity index (χ1v) is 10.9. The van der Waals surface area contributed by atoms with E-state index in [1.807, 2.05) is 98.0 Å². The summed E-state index contributed by atoms with van der Waals surface area (Å²) in [7, 11) is 0. The van der Waals surface area contributed by atoms with Gasteiger partial charge in [0, 0.05) is 30.1 Å². The quantitative estimate of drug-likeness (QED) is 0.397. The van der Waals surface area contributed by atoms with E-state index in [1.165, 1.54) is 0 Å². The summed E-state index contributed by atoms with van der Waals surface area (Å²) < 4.78 is 0. The van der Waals surface area contributed by atoms with E-state index in [1.54, 1.807) is 0 Å². The van der Waals surface area contributed by atoms with Gasteiger partial charge in [-0.3, -0.25) is 9.59 Å². The number of aromatic nitrogens is 1. The number of hydrogen-bond donors (Lipinski definition) is 3. The molecule has 2 amide bonds. The van der Waals surface area contributed by atoms with Gasteiger partial charge < -0.3 is 15.6 Å². The van der Waals surface area contributed by atoms with Crippen LogP contribution in [0.5, 0.6) is 0 Å². The van der Waals surface area contributed by atoms with E-state index in [0.29, 0.717) is 13.0 Å². The molecule has 0 radical (unpaired) electrons. The Morgan fingerprint density at radius 2 is 1.41 bits per heavy atom. The van der Waals surface area contributed by atoms with Crippen LogP contribution in [0.3, 0.4) is 0 Å². The SMILES string of the molecule is CCNC(=O)[C@H](Cc1c[nH]c2ccccc12)NC(=O)C(c1ccccc1)c1ccccc1. The van der Waals surface area contributed by atoms with E-state index in [4.69, 9.17) is 0 Å². The lowest BCUT2D eigenvalue weighted by atomic mass is 9.90. The Kier molecular flexibility index (Phi) is 6.66. The standard InChI is InChI=1S/C27H27N3O2/c1-2-28-26(31)24(17-21-18-29-23-16-10-9-15-22(21)23)30-27(32)25(19-11-5-3-6-12-19)20-13-7-4-8-14-20/h3-16,18,24-25,29H,2,17H2,1H3,(H,28,31)(H,30,32)/t24-/m0/s1. The van der Waals surface area contributed by atoms with E-state index in [2.05, 4.69) is 15.6 Å². The molecule has 3 aromatic carbocycles. The van der Waals surface area contributed by atoms with Crippen molar-refractivity contribution in [2.45, 2.75) is 25.3 Å². The van der Waals surface area contributed by atoms with E-state index >= 15 is 0 Å². The second kappa shape index (κ2) is 9.96. The molecule has 0 bridgehead atoms. The molecule has 32 heavy (non-hydrogen) atoms. The van der Waals surface area contributed by atoms with Crippen LogP contribution in [0.4, 0.5) is 0 Å². The van der Waals surface area contributed by atoms with Crippen molar-refractivity contribution in [3.05, 3.63) is 108 Å². The van der Waals surface area contributed by atoms with Gasteiger partial charge in [0.15, 0.2) is 0 Å². The van der Waals surface area contributed by atoms with Crippen molar-refractivity contribution >= 4 is 22.7 Å². The molecular formula is C27H27N3O2. The van der Waals surface area contributed by atoms with Crippen molar-refractivity contribution in [3.63, 3.8) is 0 Å². The molecule has 1 atom stereocenters. The van der Waals surface area contributed by atoms with Crippen LogP contribution >= 0.6 is 0 Å². The largest absolute Gasteiger partial charge is 0.361 e. The lowest BCUT2D eigenvalue weighted by Crippen LogP contribution is -2.49. The maximum Gasteiger partial charge on any atom is 0.242 e. The molecule has 0 spiro atoms. The first-order valence-electron chi connectivity index (χ1n) is 10.9. The smallest absolute Gasteiger partial charge is 0.242 e. The number of nitrogens with one attached hydrogen (secondary N) is 3. The van der Waals surface area contributed by atoms with Gasteiger partial charge in [0.1, 0.15) is 6.04 Å². The van der Waals surface area contributed by atoms with Crippen molar-refractivity contribution in [3.8, 4) is 0 Å². The second-order valence-corrected chi connectivity index (χ2v) is 7.77. The van der Waals surface area contributed by atoms with Gasteiger partial charge in [-0.05, 0) is 29.7 Å². The number of carbonyl (C=O) groups excluding carboxylic acids is 2. The van der Waals surface area contributed by atoms with Crippen LogP contribution in [0.15, 0.2) is 91.1 Å². The number of aromatic amines is 1. The van der Waals surface area contributed by atoms with Crippen LogP contribution in [-0.4, -0.2) is 29.4 Å². The summed E-state index contributed by atoms with van der Waals surface area (Å²) in [6.07, 6.45) is 2.31. The Morgan fingerprint density at radius 1 is 0.812 bits per heavy atom. The molecule has 0 aliphatic carbocycles. The van der Waals surface area contributed by atoms with Crippen LogP contribution in [-0.2, 0) is 16.0 Å². The fourth-order valence-corrected chi connectivity index (χ4v) is 4.07. The molecule has 4 aromatic rings. The summed E-state index contributed by atoms with van der Waals surface area (Å²) in [6.45, 7) is 2.37. The van der Waals surface area contributed by atoms with E-state index in [0.717, 1.165) is 27.6 Å². The van der Waals surface area contributed by atoms with Crippen LogP contribution < -0.4 is 10.6 Å². The van der Waals surface area contributed by atoms with Gasteiger partial charge in [-0.15, -0.1) is 0 Å². The highest BCUT2D eigenvalue weighted by Crippen LogP contribution is 2.25. The summed E-state index contributed by atoms with van der Waals surface area (Å²) in [4.78, 5) is 29.7. The molecule has 4 rings (SSSR count).